The molecule has 6 nitrogen and oxygen atoms in total. The highest BCUT2D eigenvalue weighted by Gasteiger charge is 2.18. The van der Waals surface area contributed by atoms with Crippen molar-refractivity contribution < 1.29 is 17.9 Å². The van der Waals surface area contributed by atoms with Crippen LogP contribution in [-0.4, -0.2) is 34.6 Å². The van der Waals surface area contributed by atoms with Crippen LogP contribution in [0.5, 0.6) is 0 Å². The molecule has 1 amide bonds. The summed E-state index contributed by atoms with van der Waals surface area (Å²) >= 11 is 3.31. The lowest BCUT2D eigenvalue weighted by Gasteiger charge is -2.11. The zero-order valence-electron chi connectivity index (χ0n) is 15.5. The van der Waals surface area contributed by atoms with Crippen molar-refractivity contribution in [1.29, 1.82) is 0 Å². The van der Waals surface area contributed by atoms with Crippen LogP contribution in [0.25, 0.3) is 0 Å². The number of methoxy groups -OCH3 is 1. The zero-order valence-corrected chi connectivity index (χ0v) is 17.9. The van der Waals surface area contributed by atoms with E-state index in [9.17, 15) is 13.2 Å². The van der Waals surface area contributed by atoms with E-state index in [0.29, 0.717) is 16.1 Å². The lowest BCUT2D eigenvalue weighted by atomic mass is 10.0. The Morgan fingerprint density at radius 3 is 2.41 bits per heavy atom. The summed E-state index contributed by atoms with van der Waals surface area (Å²) < 4.78 is 32.5. The molecule has 0 atom stereocenters. The van der Waals surface area contributed by atoms with Gasteiger partial charge in [-0.15, -0.1) is 0 Å². The number of hydrogen-bond donors (Lipinski definition) is 2. The van der Waals surface area contributed by atoms with Crippen LogP contribution < -0.4 is 10.0 Å². The van der Waals surface area contributed by atoms with Gasteiger partial charge in [0.1, 0.15) is 0 Å². The fourth-order valence-corrected chi connectivity index (χ4v) is 3.82. The van der Waals surface area contributed by atoms with E-state index in [4.69, 9.17) is 4.74 Å². The highest BCUT2D eigenvalue weighted by Crippen LogP contribution is 2.23. The molecule has 0 aromatic heterocycles. The second-order valence-corrected chi connectivity index (χ2v) is 8.88. The summed E-state index contributed by atoms with van der Waals surface area (Å²) in [6.07, 6.45) is 0. The maximum Gasteiger partial charge on any atom is 0.256 e. The number of carbonyl (C=O) groups is 1. The van der Waals surface area contributed by atoms with E-state index in [-0.39, 0.29) is 23.6 Å². The third-order valence-electron chi connectivity index (χ3n) is 3.93. The lowest BCUT2D eigenvalue weighted by molar-refractivity contribution is 0.102. The summed E-state index contributed by atoms with van der Waals surface area (Å²) in [5.41, 5.74) is 2.05. The number of hydrogen-bond acceptors (Lipinski definition) is 4. The van der Waals surface area contributed by atoms with Gasteiger partial charge in [-0.1, -0.05) is 26.0 Å². The molecule has 146 valence electrons. The quantitative estimate of drug-likeness (QED) is 0.594. The summed E-state index contributed by atoms with van der Waals surface area (Å²) in [6.45, 7) is 4.60. The maximum atomic E-state index is 12.6. The fourth-order valence-electron chi connectivity index (χ4n) is 2.36. The van der Waals surface area contributed by atoms with Gasteiger partial charge in [-0.3, -0.25) is 4.79 Å². The van der Waals surface area contributed by atoms with Gasteiger partial charge in [0.25, 0.3) is 5.91 Å². The smallest absolute Gasteiger partial charge is 0.256 e. The molecule has 0 bridgehead atoms. The van der Waals surface area contributed by atoms with Crippen molar-refractivity contribution in [2.24, 2.45) is 0 Å². The van der Waals surface area contributed by atoms with E-state index < -0.39 is 15.9 Å². The standard InChI is InChI=1S/C19H23BrN2O4S/c1-13(2)14-4-6-15(7-5-14)22-19(23)17-12-16(8-9-18(17)20)27(24,25)21-10-11-26-3/h4-9,12-13,21H,10-11H2,1-3H3,(H,22,23). The van der Waals surface area contributed by atoms with Crippen LogP contribution in [-0.2, 0) is 14.8 Å². The number of benzene rings is 2. The van der Waals surface area contributed by atoms with Gasteiger partial charge >= 0.3 is 0 Å². The number of sulfonamides is 1. The minimum absolute atomic E-state index is 0.0158. The number of carbonyl (C=O) groups excluding carboxylic acids is 1. The predicted molar refractivity (Wildman–Crippen MR) is 110 cm³/mol. The monoisotopic (exact) mass is 454 g/mol. The molecular weight excluding hydrogens is 432 g/mol. The number of rotatable bonds is 8. The van der Waals surface area contributed by atoms with Gasteiger partial charge in [-0.05, 0) is 57.7 Å². The molecule has 0 spiro atoms. The molecule has 0 saturated heterocycles. The van der Waals surface area contributed by atoms with E-state index >= 15 is 0 Å². The number of nitrogens with one attached hydrogen (secondary N) is 2. The molecule has 0 heterocycles. The zero-order chi connectivity index (χ0) is 20.0. The van der Waals surface area contributed by atoms with Crippen LogP contribution in [0.1, 0.15) is 35.7 Å². The predicted octanol–water partition coefficient (Wildman–Crippen LogP) is 3.75. The Morgan fingerprint density at radius 1 is 1.15 bits per heavy atom. The highest BCUT2D eigenvalue weighted by molar-refractivity contribution is 9.10. The van der Waals surface area contributed by atoms with Crippen LogP contribution in [0.4, 0.5) is 5.69 Å². The molecule has 0 fully saturated rings. The van der Waals surface area contributed by atoms with Crippen molar-refractivity contribution in [2.75, 3.05) is 25.6 Å². The normalized spacial score (nSPS) is 11.6. The molecule has 8 heteroatoms. The lowest BCUT2D eigenvalue weighted by Crippen LogP contribution is -2.27. The first-order valence-electron chi connectivity index (χ1n) is 8.44. The Morgan fingerprint density at radius 2 is 1.81 bits per heavy atom. The first-order chi connectivity index (χ1) is 12.7. The van der Waals surface area contributed by atoms with Crippen molar-refractivity contribution in [3.8, 4) is 0 Å². The Kier molecular flexibility index (Phi) is 7.55. The van der Waals surface area contributed by atoms with Gasteiger partial charge in [-0.2, -0.15) is 0 Å². The third kappa shape index (κ3) is 5.87. The average Bonchev–Trinajstić information content (AvgIpc) is 2.62. The molecule has 2 rings (SSSR count). The Bertz CT molecular complexity index is 896. The summed E-state index contributed by atoms with van der Waals surface area (Å²) in [6, 6.07) is 11.9. The number of amides is 1. The van der Waals surface area contributed by atoms with Crippen LogP contribution >= 0.6 is 15.9 Å². The van der Waals surface area contributed by atoms with Crippen LogP contribution in [0, 0.1) is 0 Å². The fraction of sp³-hybridized carbons (Fsp3) is 0.316. The minimum atomic E-state index is -3.72. The largest absolute Gasteiger partial charge is 0.383 e. The number of halogens is 1. The molecule has 0 aliphatic heterocycles. The Labute approximate surface area is 168 Å². The highest BCUT2D eigenvalue weighted by atomic mass is 79.9. The third-order valence-corrected chi connectivity index (χ3v) is 6.08. The number of ether oxygens (including phenoxy) is 1. The second-order valence-electron chi connectivity index (χ2n) is 6.26. The minimum Gasteiger partial charge on any atom is -0.383 e. The topological polar surface area (TPSA) is 84.5 Å². The van der Waals surface area contributed by atoms with Crippen molar-refractivity contribution in [2.45, 2.75) is 24.7 Å². The molecular formula is C19H23BrN2O4S. The molecule has 0 unspecified atom stereocenters. The number of anilines is 1. The van der Waals surface area contributed by atoms with Gasteiger partial charge in [0.05, 0.1) is 17.1 Å². The van der Waals surface area contributed by atoms with Gasteiger partial charge in [0.2, 0.25) is 10.0 Å². The van der Waals surface area contributed by atoms with Crippen LogP contribution in [0.3, 0.4) is 0 Å². The molecule has 2 aromatic rings. The van der Waals surface area contributed by atoms with E-state index in [1.54, 1.807) is 6.07 Å². The molecule has 0 aliphatic carbocycles. The Balaban J connectivity index is 2.20. The summed E-state index contributed by atoms with van der Waals surface area (Å²) in [4.78, 5) is 12.6. The van der Waals surface area contributed by atoms with Gasteiger partial charge < -0.3 is 10.1 Å². The Hall–Kier alpha value is -1.74. The van der Waals surface area contributed by atoms with Crippen molar-refractivity contribution in [3.63, 3.8) is 0 Å². The first kappa shape index (κ1) is 21.6. The molecule has 27 heavy (non-hydrogen) atoms. The molecule has 2 aromatic carbocycles. The van der Waals surface area contributed by atoms with E-state index in [0.717, 1.165) is 0 Å². The molecule has 0 saturated carbocycles. The molecule has 0 aliphatic rings. The van der Waals surface area contributed by atoms with Crippen molar-refractivity contribution >= 4 is 37.5 Å². The molecule has 0 radical (unpaired) electrons. The van der Waals surface area contributed by atoms with Crippen molar-refractivity contribution in [3.05, 3.63) is 58.1 Å². The van der Waals surface area contributed by atoms with Gasteiger partial charge in [0.15, 0.2) is 0 Å². The van der Waals surface area contributed by atoms with E-state index in [1.807, 2.05) is 24.3 Å². The summed E-state index contributed by atoms with van der Waals surface area (Å²) in [5.74, 6) is 0.00417. The summed E-state index contributed by atoms with van der Waals surface area (Å²) in [7, 11) is -2.23. The maximum absolute atomic E-state index is 12.6. The average molecular weight is 455 g/mol. The van der Waals surface area contributed by atoms with Gasteiger partial charge in [-0.25, -0.2) is 13.1 Å². The van der Waals surface area contributed by atoms with Gasteiger partial charge in [0, 0.05) is 23.8 Å². The second kappa shape index (κ2) is 9.45. The summed E-state index contributed by atoms with van der Waals surface area (Å²) in [5, 5.41) is 2.79. The van der Waals surface area contributed by atoms with Crippen LogP contribution in [0.15, 0.2) is 51.8 Å². The first-order valence-corrected chi connectivity index (χ1v) is 10.7. The van der Waals surface area contributed by atoms with Crippen LogP contribution in [0.2, 0.25) is 0 Å². The van der Waals surface area contributed by atoms with E-state index in [1.165, 1.54) is 24.8 Å². The van der Waals surface area contributed by atoms with E-state index in [2.05, 4.69) is 39.8 Å². The van der Waals surface area contributed by atoms with Crippen molar-refractivity contribution in [1.82, 2.24) is 4.72 Å². The molecule has 2 N–H and O–H groups in total. The SMILES string of the molecule is COCCNS(=O)(=O)c1ccc(Br)c(C(=O)Nc2ccc(C(C)C)cc2)c1.